The molecular weight excluding hydrogens is 223 g/mol. The van der Waals surface area contributed by atoms with Crippen LogP contribution < -0.4 is 16.0 Å². The third-order valence-corrected chi connectivity index (χ3v) is 2.61. The van der Waals surface area contributed by atoms with Gasteiger partial charge in [0.15, 0.2) is 0 Å². The van der Waals surface area contributed by atoms with Crippen LogP contribution in [0.3, 0.4) is 0 Å². The Balaban J connectivity index is 2.85. The van der Waals surface area contributed by atoms with E-state index >= 15 is 0 Å². The fourth-order valence-corrected chi connectivity index (χ4v) is 1.68. The van der Waals surface area contributed by atoms with Crippen molar-refractivity contribution in [2.45, 2.75) is 40.0 Å². The molecule has 0 saturated carbocycles. The van der Waals surface area contributed by atoms with Gasteiger partial charge in [-0.3, -0.25) is 0 Å². The van der Waals surface area contributed by atoms with Crippen LogP contribution in [0.2, 0.25) is 0 Å². The van der Waals surface area contributed by atoms with Gasteiger partial charge in [-0.2, -0.15) is 0 Å². The molecule has 5 heteroatoms. The van der Waals surface area contributed by atoms with E-state index < -0.39 is 0 Å². The van der Waals surface area contributed by atoms with Crippen molar-refractivity contribution in [1.29, 1.82) is 0 Å². The molecule has 0 aliphatic carbocycles. The van der Waals surface area contributed by atoms with Crippen molar-refractivity contribution in [1.82, 2.24) is 4.89 Å². The number of aromatic nitrogens is 1. The van der Waals surface area contributed by atoms with Gasteiger partial charge in [0.2, 0.25) is 0 Å². The number of nitrogens with one attached hydrogen (secondary N) is 3. The SMILES string of the molecule is CCCNc1cbnc(NCCC)c1NCCC. The number of anilines is 3. The van der Waals surface area contributed by atoms with Crippen molar-refractivity contribution < 1.29 is 0 Å². The first kappa shape index (κ1) is 14.8. The van der Waals surface area contributed by atoms with Gasteiger partial charge >= 0.3 is 111 Å². The second kappa shape index (κ2) is 8.78. The first-order valence-corrected chi connectivity index (χ1v) is 7.04. The number of nitrogens with zero attached hydrogens (tertiary/aromatic N) is 1. The first-order chi connectivity index (χ1) is 8.83. The molecule has 1 heterocycles. The quantitative estimate of drug-likeness (QED) is 0.629. The molecule has 0 spiro atoms. The number of rotatable bonds is 9. The first-order valence-electron chi connectivity index (χ1n) is 7.04. The van der Waals surface area contributed by atoms with Crippen LogP contribution in [0.25, 0.3) is 0 Å². The Morgan fingerprint density at radius 1 is 0.944 bits per heavy atom. The molecule has 0 bridgehead atoms. The van der Waals surface area contributed by atoms with Crippen LogP contribution in [0.1, 0.15) is 40.0 Å². The van der Waals surface area contributed by atoms with Crippen molar-refractivity contribution in [2.24, 2.45) is 0 Å². The Morgan fingerprint density at radius 2 is 1.56 bits per heavy atom. The Morgan fingerprint density at radius 3 is 2.22 bits per heavy atom. The van der Waals surface area contributed by atoms with Crippen LogP contribution in [0.15, 0.2) is 5.96 Å². The van der Waals surface area contributed by atoms with Crippen molar-refractivity contribution in [3.05, 3.63) is 5.96 Å². The van der Waals surface area contributed by atoms with E-state index in [2.05, 4.69) is 41.6 Å². The molecule has 1 aromatic heterocycles. The molecule has 4 nitrogen and oxygen atoms in total. The fourth-order valence-electron chi connectivity index (χ4n) is 1.68. The summed E-state index contributed by atoms with van der Waals surface area (Å²) >= 11 is 0. The summed E-state index contributed by atoms with van der Waals surface area (Å²) in [7, 11) is 1.85. The van der Waals surface area contributed by atoms with Crippen LogP contribution in [-0.2, 0) is 0 Å². The molecule has 0 fully saturated rings. The van der Waals surface area contributed by atoms with Crippen LogP contribution in [-0.4, -0.2) is 31.6 Å². The Hall–Kier alpha value is -1.26. The van der Waals surface area contributed by atoms with Gasteiger partial charge in [-0.05, 0) is 0 Å². The third-order valence-electron chi connectivity index (χ3n) is 2.61. The summed E-state index contributed by atoms with van der Waals surface area (Å²) in [6, 6.07) is 0. The Bertz CT molecular complexity index is 318. The zero-order valence-corrected chi connectivity index (χ0v) is 11.8. The van der Waals surface area contributed by atoms with Gasteiger partial charge in [0, 0.05) is 0 Å². The molecule has 100 valence electrons. The molecular formula is C13H25BN4. The van der Waals surface area contributed by atoms with E-state index in [4.69, 9.17) is 0 Å². The second-order valence-electron chi connectivity index (χ2n) is 4.36. The van der Waals surface area contributed by atoms with E-state index in [1.165, 1.54) is 0 Å². The van der Waals surface area contributed by atoms with Gasteiger partial charge in [0.1, 0.15) is 0 Å². The molecule has 0 amide bonds. The molecule has 0 unspecified atom stereocenters. The third kappa shape index (κ3) is 4.55. The number of hydrogen-bond acceptors (Lipinski definition) is 4. The summed E-state index contributed by atoms with van der Waals surface area (Å²) in [6.45, 7) is 9.40. The van der Waals surface area contributed by atoms with E-state index in [-0.39, 0.29) is 0 Å². The Kier molecular flexibility index (Phi) is 7.22. The molecule has 3 N–H and O–H groups in total. The predicted octanol–water partition coefficient (Wildman–Crippen LogP) is 2.89. The summed E-state index contributed by atoms with van der Waals surface area (Å²) in [5.41, 5.74) is 2.24. The molecule has 0 saturated heterocycles. The van der Waals surface area contributed by atoms with Crippen molar-refractivity contribution in [3.8, 4) is 0 Å². The van der Waals surface area contributed by atoms with Gasteiger partial charge < -0.3 is 0 Å². The van der Waals surface area contributed by atoms with E-state index in [0.29, 0.717) is 0 Å². The van der Waals surface area contributed by atoms with Gasteiger partial charge in [0.05, 0.1) is 0 Å². The van der Waals surface area contributed by atoms with Gasteiger partial charge in [-0.25, -0.2) is 0 Å². The fraction of sp³-hybridized carbons (Fsp3) is 0.692. The van der Waals surface area contributed by atoms with E-state index in [1.807, 2.05) is 13.0 Å². The minimum atomic E-state index is 0.949. The summed E-state index contributed by atoms with van der Waals surface area (Å²) in [4.78, 5) is 4.42. The van der Waals surface area contributed by atoms with E-state index in [0.717, 1.165) is 56.1 Å². The summed E-state index contributed by atoms with van der Waals surface area (Å²) in [6.07, 6.45) is 3.32. The average Bonchev–Trinajstić information content (AvgIpc) is 2.41. The van der Waals surface area contributed by atoms with E-state index in [9.17, 15) is 0 Å². The van der Waals surface area contributed by atoms with Gasteiger partial charge in [-0.1, -0.05) is 0 Å². The molecule has 18 heavy (non-hydrogen) atoms. The molecule has 1 rings (SSSR count). The minimum absolute atomic E-state index is 0.949. The van der Waals surface area contributed by atoms with E-state index in [1.54, 1.807) is 0 Å². The summed E-state index contributed by atoms with van der Waals surface area (Å²) in [5, 5.41) is 10.3. The molecule has 1 aromatic rings. The van der Waals surface area contributed by atoms with Crippen LogP contribution in [0, 0.1) is 0 Å². The van der Waals surface area contributed by atoms with Crippen LogP contribution in [0.5, 0.6) is 0 Å². The molecule has 0 aliphatic heterocycles. The average molecular weight is 248 g/mol. The second-order valence-corrected chi connectivity index (χ2v) is 4.36. The van der Waals surface area contributed by atoms with Crippen LogP contribution >= 0.6 is 0 Å². The molecule has 0 radical (unpaired) electrons. The Labute approximate surface area is 111 Å². The standard InChI is InChI=1S/C13H25BN4/c1-4-7-15-11-10-14-18-13(17-9-6-3)12(11)16-8-5-2/h10,15-16H,4-9H2,1-3H3,(H,17,18). The molecule has 0 atom stereocenters. The van der Waals surface area contributed by atoms with Gasteiger partial charge in [-0.15, -0.1) is 0 Å². The summed E-state index contributed by atoms with van der Waals surface area (Å²) in [5.74, 6) is 2.98. The van der Waals surface area contributed by atoms with Crippen molar-refractivity contribution in [2.75, 3.05) is 35.6 Å². The normalized spacial score (nSPS) is 9.94. The zero-order chi connectivity index (χ0) is 13.2. The van der Waals surface area contributed by atoms with Crippen LogP contribution in [0.4, 0.5) is 17.2 Å². The van der Waals surface area contributed by atoms with Crippen molar-refractivity contribution >= 4 is 24.2 Å². The molecule has 0 aliphatic rings. The number of hydrogen-bond donors (Lipinski definition) is 3. The summed E-state index contributed by atoms with van der Waals surface area (Å²) < 4.78 is 0. The predicted molar refractivity (Wildman–Crippen MR) is 81.9 cm³/mol. The molecule has 0 aromatic carbocycles. The monoisotopic (exact) mass is 248 g/mol. The zero-order valence-electron chi connectivity index (χ0n) is 11.8. The topological polar surface area (TPSA) is 49.0 Å². The maximum absolute atomic E-state index is 4.42. The maximum atomic E-state index is 4.42. The van der Waals surface area contributed by atoms with Gasteiger partial charge in [0.25, 0.3) is 0 Å². The van der Waals surface area contributed by atoms with Crippen molar-refractivity contribution in [3.63, 3.8) is 0 Å².